The molecule has 1 atom stereocenters. The average Bonchev–Trinajstić information content (AvgIpc) is 2.26. The van der Waals surface area contributed by atoms with Crippen LogP contribution in [0, 0.1) is 6.92 Å². The van der Waals surface area contributed by atoms with E-state index >= 15 is 0 Å². The fourth-order valence-electron chi connectivity index (χ4n) is 1.30. The van der Waals surface area contributed by atoms with Crippen molar-refractivity contribution in [2.24, 2.45) is 0 Å². The van der Waals surface area contributed by atoms with Crippen LogP contribution in [0.1, 0.15) is 24.5 Å². The lowest BCUT2D eigenvalue weighted by molar-refractivity contribution is -0.116. The molecule has 4 heteroatoms. The second-order valence-corrected chi connectivity index (χ2v) is 4.06. The van der Waals surface area contributed by atoms with Gasteiger partial charge in [-0.2, -0.15) is 0 Å². The number of carbonyl (C=O) groups excluding carboxylic acids is 1. The van der Waals surface area contributed by atoms with Gasteiger partial charge in [0.1, 0.15) is 0 Å². The average molecular weight is 234 g/mol. The summed E-state index contributed by atoms with van der Waals surface area (Å²) < 4.78 is 0. The maximum absolute atomic E-state index is 11.4. The normalized spacial score (nSPS) is 12.6. The maximum Gasteiger partial charge on any atom is 0.244 e. The molecule has 0 saturated carbocycles. The van der Waals surface area contributed by atoms with Gasteiger partial charge in [-0.1, -0.05) is 0 Å². The van der Waals surface area contributed by atoms with Gasteiger partial charge in [0.05, 0.1) is 6.10 Å². The number of nitrogens with one attached hydrogen (secondary N) is 1. The highest BCUT2D eigenvalue weighted by atomic mass is 16.3. The Labute approximate surface area is 101 Å². The number of aliphatic hydroxyl groups is 1. The van der Waals surface area contributed by atoms with Gasteiger partial charge in [0.15, 0.2) is 0 Å². The van der Waals surface area contributed by atoms with Crippen LogP contribution in [0.5, 0.6) is 0 Å². The van der Waals surface area contributed by atoms with Gasteiger partial charge < -0.3 is 10.4 Å². The Morgan fingerprint density at radius 1 is 1.59 bits per heavy atom. The molecular formula is C13H18N2O2. The van der Waals surface area contributed by atoms with Gasteiger partial charge in [-0.05, 0) is 43.5 Å². The maximum atomic E-state index is 11.4. The molecule has 0 aliphatic rings. The molecule has 0 aliphatic heterocycles. The summed E-state index contributed by atoms with van der Waals surface area (Å²) in [5.74, 6) is -0.160. The first-order valence-corrected chi connectivity index (χ1v) is 5.63. The van der Waals surface area contributed by atoms with E-state index in [4.69, 9.17) is 5.11 Å². The van der Waals surface area contributed by atoms with Crippen molar-refractivity contribution in [1.29, 1.82) is 0 Å². The van der Waals surface area contributed by atoms with E-state index in [1.165, 1.54) is 6.08 Å². The summed E-state index contributed by atoms with van der Waals surface area (Å²) in [5.41, 5.74) is 1.96. The Kier molecular flexibility index (Phi) is 5.36. The lowest BCUT2D eigenvalue weighted by atomic mass is 10.2. The molecule has 1 amide bonds. The van der Waals surface area contributed by atoms with Gasteiger partial charge >= 0.3 is 0 Å². The fraction of sp³-hybridized carbons (Fsp3) is 0.385. The first-order valence-electron chi connectivity index (χ1n) is 5.63. The molecule has 1 aromatic heterocycles. The van der Waals surface area contributed by atoms with Crippen molar-refractivity contribution in [3.63, 3.8) is 0 Å². The minimum absolute atomic E-state index is 0.160. The highest BCUT2D eigenvalue weighted by Gasteiger charge is 1.98. The molecule has 2 N–H and O–H groups in total. The lowest BCUT2D eigenvalue weighted by Gasteiger charge is -2.03. The minimum Gasteiger partial charge on any atom is -0.393 e. The number of aliphatic hydroxyl groups excluding tert-OH is 1. The lowest BCUT2D eigenvalue weighted by Crippen LogP contribution is -2.24. The molecule has 0 saturated heterocycles. The van der Waals surface area contributed by atoms with E-state index in [1.807, 2.05) is 13.0 Å². The number of carbonyl (C=O) groups is 1. The third-order valence-electron chi connectivity index (χ3n) is 2.18. The van der Waals surface area contributed by atoms with Gasteiger partial charge in [0.25, 0.3) is 0 Å². The number of aryl methyl sites for hydroxylation is 1. The number of aromatic nitrogens is 1. The second-order valence-electron chi connectivity index (χ2n) is 4.06. The molecule has 0 fully saturated rings. The van der Waals surface area contributed by atoms with E-state index < -0.39 is 0 Å². The quantitative estimate of drug-likeness (QED) is 0.755. The van der Waals surface area contributed by atoms with Crippen molar-refractivity contribution >= 4 is 12.0 Å². The van der Waals surface area contributed by atoms with Gasteiger partial charge in [0.2, 0.25) is 5.91 Å². The molecule has 0 aliphatic carbocycles. The van der Waals surface area contributed by atoms with Gasteiger partial charge in [-0.25, -0.2) is 0 Å². The van der Waals surface area contributed by atoms with E-state index in [0.717, 1.165) is 11.1 Å². The van der Waals surface area contributed by atoms with Crippen LogP contribution in [0.4, 0.5) is 0 Å². The Morgan fingerprint density at radius 3 is 3.00 bits per heavy atom. The third kappa shape index (κ3) is 5.82. The third-order valence-corrected chi connectivity index (χ3v) is 2.18. The van der Waals surface area contributed by atoms with E-state index in [1.54, 1.807) is 25.4 Å². The molecule has 92 valence electrons. The summed E-state index contributed by atoms with van der Waals surface area (Å²) in [6, 6.07) is 1.95. The summed E-state index contributed by atoms with van der Waals surface area (Å²) in [6.45, 7) is 4.13. The van der Waals surface area contributed by atoms with Crippen molar-refractivity contribution in [1.82, 2.24) is 10.3 Å². The van der Waals surface area contributed by atoms with Crippen molar-refractivity contribution in [3.05, 3.63) is 35.7 Å². The van der Waals surface area contributed by atoms with Crippen LogP contribution in [-0.2, 0) is 4.79 Å². The van der Waals surface area contributed by atoms with Crippen LogP contribution >= 0.6 is 0 Å². The van der Waals surface area contributed by atoms with Crippen molar-refractivity contribution in [3.8, 4) is 0 Å². The molecule has 0 aromatic carbocycles. The smallest absolute Gasteiger partial charge is 0.244 e. The van der Waals surface area contributed by atoms with Crippen molar-refractivity contribution in [2.45, 2.75) is 26.4 Å². The van der Waals surface area contributed by atoms with E-state index in [2.05, 4.69) is 10.3 Å². The highest BCUT2D eigenvalue weighted by Crippen LogP contribution is 2.02. The van der Waals surface area contributed by atoms with Crippen molar-refractivity contribution < 1.29 is 9.90 Å². The molecule has 0 bridgehead atoms. The summed E-state index contributed by atoms with van der Waals surface area (Å²) in [4.78, 5) is 15.4. The molecule has 0 spiro atoms. The monoisotopic (exact) mass is 234 g/mol. The molecule has 1 rings (SSSR count). The summed E-state index contributed by atoms with van der Waals surface area (Å²) in [6.07, 6.45) is 6.83. The molecule has 4 nitrogen and oxygen atoms in total. The van der Waals surface area contributed by atoms with Crippen LogP contribution in [0.25, 0.3) is 6.08 Å². The number of rotatable bonds is 5. The van der Waals surface area contributed by atoms with Crippen LogP contribution < -0.4 is 5.32 Å². The predicted octanol–water partition coefficient (Wildman–Crippen LogP) is 1.29. The number of hydrogen-bond acceptors (Lipinski definition) is 3. The summed E-state index contributed by atoms with van der Waals surface area (Å²) in [7, 11) is 0. The zero-order valence-corrected chi connectivity index (χ0v) is 10.2. The van der Waals surface area contributed by atoms with Crippen LogP contribution in [-0.4, -0.2) is 28.6 Å². The topological polar surface area (TPSA) is 62.2 Å². The largest absolute Gasteiger partial charge is 0.393 e. The Balaban J connectivity index is 2.40. The number of nitrogens with zero attached hydrogens (tertiary/aromatic N) is 1. The van der Waals surface area contributed by atoms with Crippen LogP contribution in [0.15, 0.2) is 24.5 Å². The van der Waals surface area contributed by atoms with Gasteiger partial charge in [0, 0.05) is 25.0 Å². The summed E-state index contributed by atoms with van der Waals surface area (Å²) in [5, 5.41) is 11.7. The number of hydrogen-bond donors (Lipinski definition) is 2. The Hall–Kier alpha value is -1.68. The Morgan fingerprint density at radius 2 is 2.35 bits per heavy atom. The van der Waals surface area contributed by atoms with E-state index in [-0.39, 0.29) is 12.0 Å². The van der Waals surface area contributed by atoms with E-state index in [9.17, 15) is 4.79 Å². The van der Waals surface area contributed by atoms with Gasteiger partial charge in [-0.15, -0.1) is 0 Å². The number of amides is 1. The predicted molar refractivity (Wildman–Crippen MR) is 67.3 cm³/mol. The summed E-state index contributed by atoms with van der Waals surface area (Å²) >= 11 is 0. The fourth-order valence-corrected chi connectivity index (χ4v) is 1.30. The standard InChI is InChI=1S/C13H18N2O2/c1-10-7-12(9-14-8-10)3-4-13(17)15-6-5-11(2)16/h3-4,7-9,11,16H,5-6H2,1-2H3,(H,15,17)/b4-3+. The first kappa shape index (κ1) is 13.4. The molecular weight excluding hydrogens is 216 g/mol. The molecule has 0 radical (unpaired) electrons. The minimum atomic E-state index is -0.389. The zero-order valence-electron chi connectivity index (χ0n) is 10.2. The molecule has 17 heavy (non-hydrogen) atoms. The zero-order chi connectivity index (χ0) is 12.7. The van der Waals surface area contributed by atoms with E-state index in [0.29, 0.717) is 13.0 Å². The van der Waals surface area contributed by atoms with Crippen LogP contribution in [0.3, 0.4) is 0 Å². The second kappa shape index (κ2) is 6.81. The Bertz CT molecular complexity index is 400. The van der Waals surface area contributed by atoms with Crippen LogP contribution in [0.2, 0.25) is 0 Å². The SMILES string of the molecule is Cc1cncc(/C=C/C(=O)NCCC(C)O)c1. The van der Waals surface area contributed by atoms with Gasteiger partial charge in [-0.3, -0.25) is 9.78 Å². The molecule has 1 unspecified atom stereocenters. The highest BCUT2D eigenvalue weighted by molar-refractivity contribution is 5.91. The van der Waals surface area contributed by atoms with Crippen molar-refractivity contribution in [2.75, 3.05) is 6.54 Å². The first-order chi connectivity index (χ1) is 8.08. The molecule has 1 aromatic rings. The number of pyridine rings is 1. The molecule has 1 heterocycles.